The largest absolute Gasteiger partial charge is 0.478 e. The van der Waals surface area contributed by atoms with Crippen molar-refractivity contribution >= 4 is 23.2 Å². The van der Waals surface area contributed by atoms with Crippen LogP contribution in [-0.4, -0.2) is 27.0 Å². The molecule has 7 heteroatoms. The first kappa shape index (κ1) is 16.0. The van der Waals surface area contributed by atoms with Gasteiger partial charge in [-0.1, -0.05) is 23.7 Å². The molecule has 2 heterocycles. The van der Waals surface area contributed by atoms with E-state index >= 15 is 0 Å². The normalized spacial score (nSPS) is 10.4. The lowest BCUT2D eigenvalue weighted by Gasteiger charge is -2.12. The van der Waals surface area contributed by atoms with Gasteiger partial charge in [0, 0.05) is 18.5 Å². The number of nitrogens with zero attached hydrogens (tertiary/aromatic N) is 3. The summed E-state index contributed by atoms with van der Waals surface area (Å²) in [4.78, 5) is 20.8. The number of imidazole rings is 1. The van der Waals surface area contributed by atoms with Crippen molar-refractivity contribution in [3.05, 3.63) is 65.8 Å². The van der Waals surface area contributed by atoms with Gasteiger partial charge in [0.05, 0.1) is 29.3 Å². The van der Waals surface area contributed by atoms with Crippen LogP contribution in [0, 0.1) is 0 Å². The molecule has 6 nitrogen and oxygen atoms in total. The maximum absolute atomic E-state index is 12.6. The van der Waals surface area contributed by atoms with E-state index in [0.717, 1.165) is 5.69 Å². The molecule has 0 aliphatic rings. The van der Waals surface area contributed by atoms with Crippen LogP contribution < -0.4 is 10.1 Å². The highest BCUT2D eigenvalue weighted by atomic mass is 35.5. The van der Waals surface area contributed by atoms with Crippen LogP contribution in [0.4, 0.5) is 5.69 Å². The summed E-state index contributed by atoms with van der Waals surface area (Å²) in [6.07, 6.45) is 5.13. The van der Waals surface area contributed by atoms with E-state index in [0.29, 0.717) is 18.2 Å². The van der Waals surface area contributed by atoms with Gasteiger partial charge in [0.1, 0.15) is 0 Å². The van der Waals surface area contributed by atoms with Crippen molar-refractivity contribution in [2.24, 2.45) is 0 Å². The third kappa shape index (κ3) is 3.38. The molecular weight excluding hydrogens is 328 g/mol. The number of rotatable bonds is 5. The van der Waals surface area contributed by atoms with Gasteiger partial charge in [-0.25, -0.2) is 9.97 Å². The van der Waals surface area contributed by atoms with Gasteiger partial charge in [0.2, 0.25) is 5.88 Å². The van der Waals surface area contributed by atoms with E-state index in [2.05, 4.69) is 15.3 Å². The van der Waals surface area contributed by atoms with Gasteiger partial charge in [0.25, 0.3) is 5.91 Å². The zero-order valence-corrected chi connectivity index (χ0v) is 13.7. The topological polar surface area (TPSA) is 69.0 Å². The summed E-state index contributed by atoms with van der Waals surface area (Å²) < 4.78 is 7.13. The number of hydrogen-bond acceptors (Lipinski definition) is 4. The number of halogens is 1. The summed E-state index contributed by atoms with van der Waals surface area (Å²) >= 11 is 6.10. The maximum atomic E-state index is 12.6. The average Bonchev–Trinajstić information content (AvgIpc) is 3.11. The Morgan fingerprint density at radius 1 is 1.29 bits per heavy atom. The molecule has 0 saturated carbocycles. The van der Waals surface area contributed by atoms with Gasteiger partial charge in [-0.05, 0) is 25.1 Å². The van der Waals surface area contributed by atoms with Crippen LogP contribution in [0.3, 0.4) is 0 Å². The number of carbonyl (C=O) groups is 1. The molecule has 24 heavy (non-hydrogen) atoms. The Bertz CT molecular complexity index is 850. The molecule has 3 aromatic rings. The van der Waals surface area contributed by atoms with Crippen LogP contribution in [0.15, 0.2) is 55.1 Å². The van der Waals surface area contributed by atoms with Gasteiger partial charge >= 0.3 is 0 Å². The number of carbonyl (C=O) groups excluding carboxylic acids is 1. The number of benzene rings is 1. The smallest absolute Gasteiger partial charge is 0.276 e. The van der Waals surface area contributed by atoms with Crippen molar-refractivity contribution in [1.29, 1.82) is 0 Å². The summed E-state index contributed by atoms with van der Waals surface area (Å²) in [5.41, 5.74) is 1.53. The second-order valence-electron chi connectivity index (χ2n) is 4.85. The first-order chi connectivity index (χ1) is 11.7. The molecule has 0 atom stereocenters. The van der Waals surface area contributed by atoms with E-state index in [1.54, 1.807) is 41.5 Å². The van der Waals surface area contributed by atoms with E-state index in [4.69, 9.17) is 16.3 Å². The Labute approximate surface area is 144 Å². The van der Waals surface area contributed by atoms with Crippen LogP contribution in [0.1, 0.15) is 17.4 Å². The Kier molecular flexibility index (Phi) is 4.77. The van der Waals surface area contributed by atoms with Crippen molar-refractivity contribution in [2.45, 2.75) is 6.92 Å². The molecule has 0 bridgehead atoms. The van der Waals surface area contributed by atoms with Crippen LogP contribution in [-0.2, 0) is 0 Å². The molecule has 3 rings (SSSR count). The zero-order chi connectivity index (χ0) is 16.9. The second-order valence-corrected chi connectivity index (χ2v) is 5.26. The van der Waals surface area contributed by atoms with E-state index in [9.17, 15) is 4.79 Å². The van der Waals surface area contributed by atoms with Gasteiger partial charge < -0.3 is 14.6 Å². The molecule has 1 amide bonds. The molecule has 2 aromatic heterocycles. The summed E-state index contributed by atoms with van der Waals surface area (Å²) in [5.74, 6) is -0.0518. The summed E-state index contributed by atoms with van der Waals surface area (Å²) in [5, 5.41) is 3.10. The molecule has 0 aliphatic carbocycles. The highest BCUT2D eigenvalue weighted by molar-refractivity contribution is 6.34. The highest BCUT2D eigenvalue weighted by Crippen LogP contribution is 2.23. The van der Waals surface area contributed by atoms with Gasteiger partial charge in [-0.2, -0.15) is 0 Å². The Morgan fingerprint density at radius 2 is 2.12 bits per heavy atom. The summed E-state index contributed by atoms with van der Waals surface area (Å²) in [7, 11) is 0. The first-order valence-electron chi connectivity index (χ1n) is 7.37. The molecule has 0 spiro atoms. The van der Waals surface area contributed by atoms with Crippen molar-refractivity contribution in [2.75, 3.05) is 11.9 Å². The molecule has 0 unspecified atom stereocenters. The van der Waals surface area contributed by atoms with Gasteiger partial charge in [0.15, 0.2) is 5.69 Å². The Hall–Kier alpha value is -2.86. The van der Waals surface area contributed by atoms with Crippen LogP contribution in [0.25, 0.3) is 5.69 Å². The SMILES string of the molecule is CCOc1ccc(Cl)c(C(=O)Nc2ccccc2-n2ccnc2)n1. The van der Waals surface area contributed by atoms with Crippen molar-refractivity contribution in [1.82, 2.24) is 14.5 Å². The minimum absolute atomic E-state index is 0.114. The van der Waals surface area contributed by atoms with Crippen LogP contribution >= 0.6 is 11.6 Å². The minimum atomic E-state index is -0.408. The average molecular weight is 343 g/mol. The lowest BCUT2D eigenvalue weighted by atomic mass is 10.2. The second kappa shape index (κ2) is 7.14. The third-order valence-corrected chi connectivity index (χ3v) is 3.57. The molecule has 1 aromatic carbocycles. The predicted octanol–water partition coefficient (Wildman–Crippen LogP) is 3.57. The van der Waals surface area contributed by atoms with Gasteiger partial charge in [-0.15, -0.1) is 0 Å². The predicted molar refractivity (Wildman–Crippen MR) is 91.9 cm³/mol. The molecule has 0 radical (unpaired) electrons. The molecule has 0 aliphatic heterocycles. The van der Waals surface area contributed by atoms with Crippen molar-refractivity contribution in [3.63, 3.8) is 0 Å². The van der Waals surface area contributed by atoms with Crippen LogP contribution in [0.2, 0.25) is 5.02 Å². The molecular formula is C17H15ClN4O2. The minimum Gasteiger partial charge on any atom is -0.478 e. The maximum Gasteiger partial charge on any atom is 0.276 e. The van der Waals surface area contributed by atoms with E-state index in [1.807, 2.05) is 25.1 Å². The van der Waals surface area contributed by atoms with E-state index in [-0.39, 0.29) is 10.7 Å². The zero-order valence-electron chi connectivity index (χ0n) is 12.9. The lowest BCUT2D eigenvalue weighted by Crippen LogP contribution is -2.16. The number of aromatic nitrogens is 3. The number of pyridine rings is 1. The van der Waals surface area contributed by atoms with Gasteiger partial charge in [-0.3, -0.25) is 4.79 Å². The summed E-state index contributed by atoms with van der Waals surface area (Å²) in [6, 6.07) is 10.6. The van der Waals surface area contributed by atoms with E-state index in [1.165, 1.54) is 0 Å². The quantitative estimate of drug-likeness (QED) is 0.769. The molecule has 122 valence electrons. The monoisotopic (exact) mass is 342 g/mol. The fourth-order valence-corrected chi connectivity index (χ4v) is 2.39. The highest BCUT2D eigenvalue weighted by Gasteiger charge is 2.16. The molecule has 0 saturated heterocycles. The number of amides is 1. The van der Waals surface area contributed by atoms with Crippen LogP contribution in [0.5, 0.6) is 5.88 Å². The standard InChI is InChI=1S/C17H15ClN4O2/c1-2-24-15-8-7-12(18)16(21-15)17(23)20-13-5-3-4-6-14(13)22-10-9-19-11-22/h3-11H,2H2,1H3,(H,20,23). The first-order valence-corrected chi connectivity index (χ1v) is 7.75. The van der Waals surface area contributed by atoms with Crippen molar-refractivity contribution in [3.8, 4) is 11.6 Å². The fourth-order valence-electron chi connectivity index (χ4n) is 2.20. The molecule has 0 fully saturated rings. The Morgan fingerprint density at radius 3 is 2.88 bits per heavy atom. The number of hydrogen-bond donors (Lipinski definition) is 1. The summed E-state index contributed by atoms with van der Waals surface area (Å²) in [6.45, 7) is 2.30. The third-order valence-electron chi connectivity index (χ3n) is 3.26. The van der Waals surface area contributed by atoms with Crippen molar-refractivity contribution < 1.29 is 9.53 Å². The number of nitrogens with one attached hydrogen (secondary N) is 1. The Balaban J connectivity index is 1.90. The lowest BCUT2D eigenvalue weighted by molar-refractivity contribution is 0.102. The fraction of sp³-hybridized carbons (Fsp3) is 0.118. The number of para-hydroxylation sites is 2. The molecule has 1 N–H and O–H groups in total. The number of ether oxygens (including phenoxy) is 1. The van der Waals surface area contributed by atoms with E-state index < -0.39 is 5.91 Å². The number of anilines is 1.